The molecular weight excluding hydrogens is 416 g/mol. The standard InChI is InChI=1S/C26H26N4O3/c1-14-12-19(17(4)29-21-11-10-15(2)28-22(21)26(32)30-27)25-20(13-14)23(31)16(3)24(33-25)18-8-6-5-7-9-18/h5-13,17,29H,27H2,1-4H3,(H,30,32). The number of aromatic nitrogens is 1. The lowest BCUT2D eigenvalue weighted by Gasteiger charge is -2.20. The highest BCUT2D eigenvalue weighted by Crippen LogP contribution is 2.32. The highest BCUT2D eigenvalue weighted by molar-refractivity contribution is 5.97. The third-order valence-corrected chi connectivity index (χ3v) is 5.65. The second-order valence-corrected chi connectivity index (χ2v) is 8.17. The topological polar surface area (TPSA) is 110 Å². The number of rotatable bonds is 5. The summed E-state index contributed by atoms with van der Waals surface area (Å²) in [6.07, 6.45) is 0. The van der Waals surface area contributed by atoms with Crippen LogP contribution in [0.1, 0.15) is 45.8 Å². The van der Waals surface area contributed by atoms with Crippen LogP contribution in [0.4, 0.5) is 5.69 Å². The molecule has 0 spiro atoms. The number of carbonyl (C=O) groups excluding carboxylic acids is 1. The van der Waals surface area contributed by atoms with Gasteiger partial charge >= 0.3 is 0 Å². The summed E-state index contributed by atoms with van der Waals surface area (Å²) in [6, 6.07) is 16.7. The van der Waals surface area contributed by atoms with Gasteiger partial charge in [0, 0.05) is 22.4 Å². The van der Waals surface area contributed by atoms with Crippen molar-refractivity contribution in [3.63, 3.8) is 0 Å². The second kappa shape index (κ2) is 8.88. The lowest BCUT2D eigenvalue weighted by Crippen LogP contribution is -2.31. The van der Waals surface area contributed by atoms with Crippen LogP contribution >= 0.6 is 0 Å². The van der Waals surface area contributed by atoms with Gasteiger partial charge in [-0.05, 0) is 51.5 Å². The SMILES string of the molecule is Cc1cc(C(C)Nc2ccc(C)nc2C(=O)NN)c2oc(-c3ccccc3)c(C)c(=O)c2c1. The molecule has 0 aliphatic carbocycles. The van der Waals surface area contributed by atoms with Crippen LogP contribution in [0.25, 0.3) is 22.3 Å². The molecule has 0 bridgehead atoms. The van der Waals surface area contributed by atoms with Crippen molar-refractivity contribution in [3.8, 4) is 11.3 Å². The normalized spacial score (nSPS) is 11.9. The molecule has 1 atom stereocenters. The average molecular weight is 443 g/mol. The number of hydrazine groups is 1. The molecule has 0 aliphatic heterocycles. The minimum absolute atomic E-state index is 0.0625. The van der Waals surface area contributed by atoms with E-state index in [1.54, 1.807) is 19.9 Å². The smallest absolute Gasteiger partial charge is 0.285 e. The van der Waals surface area contributed by atoms with Crippen LogP contribution < -0.4 is 22.0 Å². The summed E-state index contributed by atoms with van der Waals surface area (Å²) in [7, 11) is 0. The maximum atomic E-state index is 13.3. The van der Waals surface area contributed by atoms with Gasteiger partial charge in [-0.15, -0.1) is 0 Å². The van der Waals surface area contributed by atoms with Crippen molar-refractivity contribution < 1.29 is 9.21 Å². The van der Waals surface area contributed by atoms with Crippen molar-refractivity contribution in [2.45, 2.75) is 33.7 Å². The Morgan fingerprint density at radius 3 is 2.48 bits per heavy atom. The predicted molar refractivity (Wildman–Crippen MR) is 130 cm³/mol. The van der Waals surface area contributed by atoms with Crippen LogP contribution in [0.5, 0.6) is 0 Å². The van der Waals surface area contributed by atoms with Gasteiger partial charge in [-0.2, -0.15) is 0 Å². The Kier molecular flexibility index (Phi) is 5.98. The number of nitrogens with zero attached hydrogens (tertiary/aromatic N) is 1. The Morgan fingerprint density at radius 2 is 1.79 bits per heavy atom. The third kappa shape index (κ3) is 4.23. The summed E-state index contributed by atoms with van der Waals surface area (Å²) >= 11 is 0. The van der Waals surface area contributed by atoms with Gasteiger partial charge in [-0.3, -0.25) is 15.0 Å². The van der Waals surface area contributed by atoms with Crippen molar-refractivity contribution >= 4 is 22.6 Å². The van der Waals surface area contributed by atoms with E-state index < -0.39 is 5.91 Å². The molecule has 2 aromatic heterocycles. The van der Waals surface area contributed by atoms with Gasteiger partial charge in [-0.25, -0.2) is 10.8 Å². The molecular formula is C26H26N4O3. The van der Waals surface area contributed by atoms with Gasteiger partial charge in [-0.1, -0.05) is 36.4 Å². The molecule has 7 nitrogen and oxygen atoms in total. The highest BCUT2D eigenvalue weighted by Gasteiger charge is 2.21. The molecule has 0 fully saturated rings. The molecule has 0 saturated carbocycles. The molecule has 4 rings (SSSR count). The molecule has 4 aromatic rings. The molecule has 0 saturated heterocycles. The van der Waals surface area contributed by atoms with Crippen molar-refractivity contribution in [2.75, 3.05) is 5.32 Å². The van der Waals surface area contributed by atoms with Crippen LogP contribution in [-0.4, -0.2) is 10.9 Å². The first-order chi connectivity index (χ1) is 15.8. The van der Waals surface area contributed by atoms with Crippen molar-refractivity contribution in [3.05, 3.63) is 92.9 Å². The Labute approximate surface area is 191 Å². The summed E-state index contributed by atoms with van der Waals surface area (Å²) in [4.78, 5) is 29.8. The van der Waals surface area contributed by atoms with Crippen LogP contribution in [0.15, 0.2) is 63.8 Å². The number of pyridine rings is 1. The lowest BCUT2D eigenvalue weighted by molar-refractivity contribution is 0.0949. The monoisotopic (exact) mass is 442 g/mol. The van der Waals surface area contributed by atoms with Gasteiger partial charge in [0.05, 0.1) is 17.1 Å². The predicted octanol–water partition coefficient (Wildman–Crippen LogP) is 4.56. The van der Waals surface area contributed by atoms with Gasteiger partial charge in [0.1, 0.15) is 11.3 Å². The van der Waals surface area contributed by atoms with E-state index in [0.29, 0.717) is 33.7 Å². The number of hydrogen-bond donors (Lipinski definition) is 3. The zero-order valence-corrected chi connectivity index (χ0v) is 19.0. The quantitative estimate of drug-likeness (QED) is 0.237. The second-order valence-electron chi connectivity index (χ2n) is 8.17. The van der Waals surface area contributed by atoms with E-state index in [4.69, 9.17) is 10.3 Å². The molecule has 1 amide bonds. The first kappa shape index (κ1) is 22.2. The van der Waals surface area contributed by atoms with Crippen LogP contribution in [0, 0.1) is 20.8 Å². The molecule has 168 valence electrons. The van der Waals surface area contributed by atoms with Crippen LogP contribution in [-0.2, 0) is 0 Å². The summed E-state index contributed by atoms with van der Waals surface area (Å²) in [5.41, 5.74) is 7.16. The minimum Gasteiger partial charge on any atom is -0.455 e. The first-order valence-electron chi connectivity index (χ1n) is 10.7. The van der Waals surface area contributed by atoms with E-state index in [0.717, 1.165) is 16.7 Å². The Hall–Kier alpha value is -3.97. The fraction of sp³-hybridized carbons (Fsp3) is 0.192. The lowest BCUT2D eigenvalue weighted by atomic mass is 9.98. The molecule has 4 N–H and O–H groups in total. The number of nitrogens with two attached hydrogens (primary N) is 1. The minimum atomic E-state index is -0.490. The summed E-state index contributed by atoms with van der Waals surface area (Å²) in [5, 5.41) is 3.87. The number of aryl methyl sites for hydroxylation is 2. The summed E-state index contributed by atoms with van der Waals surface area (Å²) in [6.45, 7) is 7.47. The average Bonchev–Trinajstić information content (AvgIpc) is 2.82. The van der Waals surface area contributed by atoms with E-state index in [1.807, 2.05) is 62.4 Å². The third-order valence-electron chi connectivity index (χ3n) is 5.65. The van der Waals surface area contributed by atoms with E-state index in [2.05, 4.69) is 15.7 Å². The molecule has 1 unspecified atom stereocenters. The Balaban J connectivity index is 1.87. The number of carbonyl (C=O) groups is 1. The first-order valence-corrected chi connectivity index (χ1v) is 10.7. The summed E-state index contributed by atoms with van der Waals surface area (Å²) < 4.78 is 6.37. The largest absolute Gasteiger partial charge is 0.455 e. The fourth-order valence-electron chi connectivity index (χ4n) is 3.98. The highest BCUT2D eigenvalue weighted by atomic mass is 16.3. The zero-order valence-electron chi connectivity index (χ0n) is 19.0. The van der Waals surface area contributed by atoms with Crippen molar-refractivity contribution in [1.29, 1.82) is 0 Å². The molecule has 0 radical (unpaired) electrons. The maximum absolute atomic E-state index is 13.3. The van der Waals surface area contributed by atoms with E-state index >= 15 is 0 Å². The Bertz CT molecular complexity index is 1410. The molecule has 2 heterocycles. The van der Waals surface area contributed by atoms with E-state index in [-0.39, 0.29) is 17.2 Å². The van der Waals surface area contributed by atoms with Gasteiger partial charge in [0.15, 0.2) is 11.1 Å². The Morgan fingerprint density at radius 1 is 1.06 bits per heavy atom. The molecule has 2 aromatic carbocycles. The number of benzene rings is 2. The number of anilines is 1. The van der Waals surface area contributed by atoms with Crippen LogP contribution in [0.3, 0.4) is 0 Å². The molecule has 33 heavy (non-hydrogen) atoms. The maximum Gasteiger partial charge on any atom is 0.285 e. The van der Waals surface area contributed by atoms with E-state index in [9.17, 15) is 9.59 Å². The van der Waals surface area contributed by atoms with Crippen molar-refractivity contribution in [1.82, 2.24) is 10.4 Å². The van der Waals surface area contributed by atoms with E-state index in [1.165, 1.54) is 0 Å². The fourth-order valence-corrected chi connectivity index (χ4v) is 3.98. The van der Waals surface area contributed by atoms with Gasteiger partial charge in [0.2, 0.25) is 0 Å². The number of hydrogen-bond acceptors (Lipinski definition) is 6. The van der Waals surface area contributed by atoms with Crippen LogP contribution in [0.2, 0.25) is 0 Å². The number of nitrogens with one attached hydrogen (secondary N) is 2. The molecule has 7 heteroatoms. The number of amides is 1. The number of fused-ring (bicyclic) bond motifs is 1. The zero-order chi connectivity index (χ0) is 23.7. The van der Waals surface area contributed by atoms with Crippen molar-refractivity contribution in [2.24, 2.45) is 5.84 Å². The van der Waals surface area contributed by atoms with Gasteiger partial charge < -0.3 is 9.73 Å². The molecule has 0 aliphatic rings. The van der Waals surface area contributed by atoms with Gasteiger partial charge in [0.25, 0.3) is 5.91 Å². The summed E-state index contributed by atoms with van der Waals surface area (Å²) in [5.74, 6) is 5.40. The number of nitrogen functional groups attached to an aromatic ring is 1.